The van der Waals surface area contributed by atoms with Crippen LogP contribution in [-0.4, -0.2) is 23.8 Å². The summed E-state index contributed by atoms with van der Waals surface area (Å²) in [6.07, 6.45) is 0.783. The third-order valence-electron chi connectivity index (χ3n) is 4.61. The van der Waals surface area contributed by atoms with E-state index in [1.54, 1.807) is 18.2 Å². The summed E-state index contributed by atoms with van der Waals surface area (Å²) < 4.78 is 0. The van der Waals surface area contributed by atoms with Crippen LogP contribution in [0, 0.1) is 11.3 Å². The molecule has 4 rings (SSSR count). The molecular formula is C18H13N3O3. The van der Waals surface area contributed by atoms with Gasteiger partial charge in [-0.15, -0.1) is 0 Å². The largest absolute Gasteiger partial charge is 0.295 e. The Morgan fingerprint density at radius 2 is 2.04 bits per heavy atom. The van der Waals surface area contributed by atoms with Gasteiger partial charge in [0.15, 0.2) is 0 Å². The molecule has 0 bridgehead atoms. The number of piperidine rings is 1. The lowest BCUT2D eigenvalue weighted by Crippen LogP contribution is -2.53. The van der Waals surface area contributed by atoms with Crippen LogP contribution in [0.25, 0.3) is 10.8 Å². The van der Waals surface area contributed by atoms with Crippen LogP contribution in [0.5, 0.6) is 0 Å². The molecule has 2 aliphatic heterocycles. The van der Waals surface area contributed by atoms with Crippen LogP contribution in [-0.2, 0) is 16.0 Å². The van der Waals surface area contributed by atoms with Crippen molar-refractivity contribution >= 4 is 34.2 Å². The number of carbonyl (C=O) groups is 3. The van der Waals surface area contributed by atoms with Crippen LogP contribution < -0.4 is 10.2 Å². The summed E-state index contributed by atoms with van der Waals surface area (Å²) in [7, 11) is 0. The van der Waals surface area contributed by atoms with E-state index in [0.29, 0.717) is 17.7 Å². The van der Waals surface area contributed by atoms with E-state index < -0.39 is 11.9 Å². The second-order valence-electron chi connectivity index (χ2n) is 5.95. The van der Waals surface area contributed by atoms with Gasteiger partial charge in [-0.2, -0.15) is 5.26 Å². The van der Waals surface area contributed by atoms with Crippen molar-refractivity contribution in [3.63, 3.8) is 0 Å². The third kappa shape index (κ3) is 1.91. The zero-order chi connectivity index (χ0) is 16.8. The topological polar surface area (TPSA) is 90.3 Å². The molecule has 3 amide bonds. The molecule has 118 valence electrons. The first kappa shape index (κ1) is 14.4. The minimum absolute atomic E-state index is 0.214. The Balaban J connectivity index is 1.87. The Hall–Kier alpha value is -3.20. The highest BCUT2D eigenvalue weighted by molar-refractivity contribution is 6.27. The van der Waals surface area contributed by atoms with Crippen LogP contribution in [0.4, 0.5) is 5.69 Å². The standard InChI is InChI=1S/C18H13N3O3/c19-9-8-10-4-5-13-16-11(10)2-1-3-12(16)18(24)21(13)14-6-7-15(22)20-17(14)23/h1-5,14H,6-8H2,(H,20,22,23). The number of imide groups is 1. The Morgan fingerprint density at radius 3 is 2.79 bits per heavy atom. The van der Waals surface area contributed by atoms with E-state index in [-0.39, 0.29) is 24.7 Å². The van der Waals surface area contributed by atoms with Gasteiger partial charge in [-0.25, -0.2) is 0 Å². The minimum atomic E-state index is -0.687. The predicted molar refractivity (Wildman–Crippen MR) is 86.2 cm³/mol. The third-order valence-corrected chi connectivity index (χ3v) is 4.61. The van der Waals surface area contributed by atoms with Gasteiger partial charge in [0, 0.05) is 17.4 Å². The molecule has 2 heterocycles. The Morgan fingerprint density at radius 1 is 1.21 bits per heavy atom. The summed E-state index contributed by atoms with van der Waals surface area (Å²) in [5, 5.41) is 12.9. The zero-order valence-electron chi connectivity index (χ0n) is 12.7. The van der Waals surface area contributed by atoms with Crippen molar-refractivity contribution in [1.82, 2.24) is 5.32 Å². The van der Waals surface area contributed by atoms with E-state index in [4.69, 9.17) is 5.26 Å². The molecule has 0 saturated carbocycles. The highest BCUT2D eigenvalue weighted by Gasteiger charge is 2.40. The van der Waals surface area contributed by atoms with Gasteiger partial charge in [-0.05, 0) is 29.5 Å². The first-order chi connectivity index (χ1) is 11.6. The second kappa shape index (κ2) is 5.17. The van der Waals surface area contributed by atoms with Crippen molar-refractivity contribution < 1.29 is 14.4 Å². The molecule has 0 aromatic heterocycles. The molecule has 1 fully saturated rings. The molecule has 2 aliphatic rings. The van der Waals surface area contributed by atoms with E-state index >= 15 is 0 Å². The molecular weight excluding hydrogens is 306 g/mol. The van der Waals surface area contributed by atoms with Crippen molar-refractivity contribution in [3.8, 4) is 6.07 Å². The van der Waals surface area contributed by atoms with Gasteiger partial charge in [-0.1, -0.05) is 18.2 Å². The molecule has 1 atom stereocenters. The van der Waals surface area contributed by atoms with Crippen molar-refractivity contribution in [2.75, 3.05) is 4.90 Å². The summed E-state index contributed by atoms with van der Waals surface area (Å²) in [4.78, 5) is 37.9. The summed E-state index contributed by atoms with van der Waals surface area (Å²) in [5.41, 5.74) is 2.06. The van der Waals surface area contributed by atoms with Gasteiger partial charge >= 0.3 is 0 Å². The summed E-state index contributed by atoms with van der Waals surface area (Å²) in [6, 6.07) is 10.5. The normalized spacial score (nSPS) is 19.5. The lowest BCUT2D eigenvalue weighted by atomic mass is 9.99. The van der Waals surface area contributed by atoms with Crippen molar-refractivity contribution in [2.45, 2.75) is 25.3 Å². The summed E-state index contributed by atoms with van der Waals surface area (Å²) >= 11 is 0. The number of rotatable bonds is 2. The van der Waals surface area contributed by atoms with E-state index in [0.717, 1.165) is 16.3 Å². The second-order valence-corrected chi connectivity index (χ2v) is 5.95. The van der Waals surface area contributed by atoms with Gasteiger partial charge in [0.25, 0.3) is 5.91 Å². The smallest absolute Gasteiger partial charge is 0.259 e. The fourth-order valence-corrected chi connectivity index (χ4v) is 3.54. The molecule has 0 radical (unpaired) electrons. The number of benzene rings is 2. The molecule has 1 N–H and O–H groups in total. The number of anilines is 1. The molecule has 6 heteroatoms. The van der Waals surface area contributed by atoms with Crippen molar-refractivity contribution in [2.24, 2.45) is 0 Å². The van der Waals surface area contributed by atoms with Crippen LogP contribution >= 0.6 is 0 Å². The lowest BCUT2D eigenvalue weighted by Gasteiger charge is -2.30. The number of hydrogen-bond acceptors (Lipinski definition) is 4. The van der Waals surface area contributed by atoms with Crippen LogP contribution in [0.1, 0.15) is 28.8 Å². The number of nitriles is 1. The molecule has 6 nitrogen and oxygen atoms in total. The minimum Gasteiger partial charge on any atom is -0.295 e. The van der Waals surface area contributed by atoms with E-state index in [1.165, 1.54) is 4.90 Å². The molecule has 2 aromatic carbocycles. The SMILES string of the molecule is N#CCc1ccc2c3c(cccc13)C(=O)N2C1CCC(=O)NC1=O. The number of hydrogen-bond donors (Lipinski definition) is 1. The van der Waals surface area contributed by atoms with Gasteiger partial charge in [0.2, 0.25) is 11.8 Å². The van der Waals surface area contributed by atoms with Crippen molar-refractivity contribution in [1.29, 1.82) is 5.26 Å². The molecule has 1 unspecified atom stereocenters. The van der Waals surface area contributed by atoms with Crippen LogP contribution in [0.15, 0.2) is 30.3 Å². The number of nitrogens with one attached hydrogen (secondary N) is 1. The fourth-order valence-electron chi connectivity index (χ4n) is 3.54. The number of carbonyl (C=O) groups excluding carboxylic acids is 3. The van der Waals surface area contributed by atoms with E-state index in [2.05, 4.69) is 11.4 Å². The maximum atomic E-state index is 12.9. The Kier molecular flexibility index (Phi) is 3.10. The maximum Gasteiger partial charge on any atom is 0.259 e. The van der Waals surface area contributed by atoms with Crippen molar-refractivity contribution in [3.05, 3.63) is 41.5 Å². The number of amides is 3. The summed E-state index contributed by atoms with van der Waals surface area (Å²) in [5.74, 6) is -0.990. The van der Waals surface area contributed by atoms with Crippen LogP contribution in [0.2, 0.25) is 0 Å². The Bertz CT molecular complexity index is 958. The summed E-state index contributed by atoms with van der Waals surface area (Å²) in [6.45, 7) is 0. The highest BCUT2D eigenvalue weighted by atomic mass is 16.2. The molecule has 2 aromatic rings. The fraction of sp³-hybridized carbons (Fsp3) is 0.222. The average molecular weight is 319 g/mol. The molecule has 24 heavy (non-hydrogen) atoms. The molecule has 1 saturated heterocycles. The van der Waals surface area contributed by atoms with E-state index in [1.807, 2.05) is 12.1 Å². The molecule has 0 spiro atoms. The zero-order valence-corrected chi connectivity index (χ0v) is 12.7. The molecule has 0 aliphatic carbocycles. The first-order valence-corrected chi connectivity index (χ1v) is 7.70. The number of nitrogens with zero attached hydrogens (tertiary/aromatic N) is 2. The lowest BCUT2D eigenvalue weighted by molar-refractivity contribution is -0.134. The monoisotopic (exact) mass is 319 g/mol. The van der Waals surface area contributed by atoms with E-state index in [9.17, 15) is 14.4 Å². The first-order valence-electron chi connectivity index (χ1n) is 7.70. The van der Waals surface area contributed by atoms with Gasteiger partial charge in [0.05, 0.1) is 18.2 Å². The van der Waals surface area contributed by atoms with Gasteiger partial charge in [0.1, 0.15) is 6.04 Å². The van der Waals surface area contributed by atoms with Gasteiger partial charge < -0.3 is 0 Å². The Labute approximate surface area is 137 Å². The quantitative estimate of drug-likeness (QED) is 0.853. The highest BCUT2D eigenvalue weighted by Crippen LogP contribution is 2.40. The predicted octanol–water partition coefficient (Wildman–Crippen LogP) is 1.67. The maximum absolute atomic E-state index is 12.9. The average Bonchev–Trinajstić information content (AvgIpc) is 2.85. The van der Waals surface area contributed by atoms with Crippen LogP contribution in [0.3, 0.4) is 0 Å². The van der Waals surface area contributed by atoms with Gasteiger partial charge in [-0.3, -0.25) is 24.6 Å².